The molecule has 8 bridgehead atoms. The lowest BCUT2D eigenvalue weighted by molar-refractivity contribution is 1.32. The predicted molar refractivity (Wildman–Crippen MR) is 222 cm³/mol. The van der Waals surface area contributed by atoms with Crippen LogP contribution in [-0.2, 0) is 0 Å². The lowest BCUT2D eigenvalue weighted by atomic mass is 10.0. The van der Waals surface area contributed by atoms with Crippen molar-refractivity contribution in [3.63, 3.8) is 0 Å². The molecular formula is C44H28BrIN4. The van der Waals surface area contributed by atoms with Crippen molar-refractivity contribution < 1.29 is 0 Å². The average Bonchev–Trinajstić information content (AvgIpc) is 3.98. The molecule has 4 nitrogen and oxygen atoms in total. The normalized spacial score (nSPS) is 12.2. The lowest BCUT2D eigenvalue weighted by Crippen LogP contribution is -1.93. The molecule has 9 rings (SSSR count). The number of benzene rings is 4. The average molecular weight is 820 g/mol. The highest BCUT2D eigenvalue weighted by Crippen LogP contribution is 2.45. The van der Waals surface area contributed by atoms with Crippen molar-refractivity contribution in [2.24, 2.45) is 4.99 Å². The zero-order valence-corrected chi connectivity index (χ0v) is 30.4. The molecule has 0 amide bonds. The second kappa shape index (κ2) is 12.9. The number of H-pyrrole nitrogens is 2. The van der Waals surface area contributed by atoms with Crippen LogP contribution in [0.4, 0.5) is 5.69 Å². The van der Waals surface area contributed by atoms with Gasteiger partial charge in [-0.2, -0.15) is 0 Å². The van der Waals surface area contributed by atoms with E-state index < -0.39 is 0 Å². The Hall–Kier alpha value is -5.31. The molecule has 2 aliphatic rings. The molecule has 0 unspecified atom stereocenters. The summed E-state index contributed by atoms with van der Waals surface area (Å²) in [4.78, 5) is 18.3. The highest BCUT2D eigenvalue weighted by Gasteiger charge is 2.25. The molecule has 5 heterocycles. The summed E-state index contributed by atoms with van der Waals surface area (Å²) in [6, 6.07) is 50.8. The van der Waals surface area contributed by atoms with E-state index in [1.807, 2.05) is 6.07 Å². The summed E-state index contributed by atoms with van der Waals surface area (Å²) in [5.74, 6) is 0. The van der Waals surface area contributed by atoms with Crippen LogP contribution in [0.25, 0.3) is 78.7 Å². The highest BCUT2D eigenvalue weighted by molar-refractivity contribution is 14.1. The fourth-order valence-corrected chi connectivity index (χ4v) is 8.82. The molecule has 50 heavy (non-hydrogen) atoms. The second-order valence-corrected chi connectivity index (χ2v) is 14.0. The van der Waals surface area contributed by atoms with Crippen LogP contribution in [0.2, 0.25) is 0 Å². The van der Waals surface area contributed by atoms with Gasteiger partial charge in [0.2, 0.25) is 0 Å². The molecule has 0 aliphatic carbocycles. The molecular weight excluding hydrogens is 791 g/mol. The molecule has 4 aromatic carbocycles. The van der Waals surface area contributed by atoms with Crippen molar-refractivity contribution in [3.8, 4) is 44.5 Å². The van der Waals surface area contributed by atoms with Gasteiger partial charge in [0.05, 0.1) is 20.6 Å². The van der Waals surface area contributed by atoms with Gasteiger partial charge in [-0.05, 0) is 97.2 Å². The van der Waals surface area contributed by atoms with Gasteiger partial charge >= 0.3 is 0 Å². The summed E-state index contributed by atoms with van der Waals surface area (Å²) in [7, 11) is 0. The number of halogens is 2. The molecule has 3 aromatic heterocycles. The predicted octanol–water partition coefficient (Wildman–Crippen LogP) is 12.8. The van der Waals surface area contributed by atoms with E-state index in [1.54, 1.807) is 0 Å². The number of aromatic nitrogens is 3. The number of aromatic amines is 2. The highest BCUT2D eigenvalue weighted by atomic mass is 127. The number of rotatable bonds is 4. The van der Waals surface area contributed by atoms with Gasteiger partial charge in [0.15, 0.2) is 0 Å². The topological polar surface area (TPSA) is 56.8 Å². The minimum Gasteiger partial charge on any atom is -0.354 e. The Morgan fingerprint density at radius 1 is 0.420 bits per heavy atom. The van der Waals surface area contributed by atoms with Crippen molar-refractivity contribution in [3.05, 3.63) is 166 Å². The van der Waals surface area contributed by atoms with Crippen LogP contribution in [0.15, 0.2) is 151 Å². The van der Waals surface area contributed by atoms with Gasteiger partial charge in [0.25, 0.3) is 0 Å². The van der Waals surface area contributed by atoms with Crippen molar-refractivity contribution >= 4 is 83.0 Å². The van der Waals surface area contributed by atoms with Crippen LogP contribution in [0.5, 0.6) is 0 Å². The van der Waals surface area contributed by atoms with Crippen LogP contribution in [0, 0.1) is 3.57 Å². The van der Waals surface area contributed by atoms with Crippen LogP contribution in [0.3, 0.4) is 0 Å². The summed E-state index contributed by atoms with van der Waals surface area (Å²) in [6.07, 6.45) is 4.27. The molecule has 6 heteroatoms. The Morgan fingerprint density at radius 3 is 1.22 bits per heavy atom. The minimum absolute atomic E-state index is 0.794. The number of hydrogen-bond donors (Lipinski definition) is 2. The SMILES string of the molecule is BrC1=Nc2c(I)c1c(-c1ccccc1)c1ccc([nH]1)c(-c1ccccc1)c1nc(c(-c3ccccc3)c3ccc([nH]3)c2-c2ccccc2)C=C1. The van der Waals surface area contributed by atoms with E-state index in [-0.39, 0.29) is 0 Å². The Kier molecular flexibility index (Phi) is 7.90. The standard InChI is InChI=1S/C44H28BrIN4/c45-44-41-39(29-17-9-3-10-18-29)35-25-23-33(48-35)37(27-13-5-1-6-14-27)31-21-22-32(47-31)38(28-15-7-2-8-16-28)34-24-26-36(49-34)40(43(50-44)42(41)46)30-19-11-4-12-20-30/h1-26,48-49H. The Bertz CT molecular complexity index is 2640. The smallest absolute Gasteiger partial charge is 0.115 e. The lowest BCUT2D eigenvalue weighted by Gasteiger charge is -2.08. The first kappa shape index (κ1) is 30.7. The molecule has 0 fully saturated rings. The quantitative estimate of drug-likeness (QED) is 0.171. The third kappa shape index (κ3) is 5.36. The molecule has 0 radical (unpaired) electrons. The molecule has 0 spiro atoms. The van der Waals surface area contributed by atoms with Gasteiger partial charge in [0, 0.05) is 49.9 Å². The summed E-state index contributed by atoms with van der Waals surface area (Å²) in [5, 5.41) is 0. The maximum absolute atomic E-state index is 5.37. The first-order valence-corrected chi connectivity index (χ1v) is 18.3. The first-order valence-electron chi connectivity index (χ1n) is 16.4. The third-order valence-corrected chi connectivity index (χ3v) is 10.8. The van der Waals surface area contributed by atoms with Crippen LogP contribution >= 0.6 is 38.5 Å². The number of fused-ring (bicyclic) bond motifs is 8. The Morgan fingerprint density at radius 2 is 0.780 bits per heavy atom. The van der Waals surface area contributed by atoms with E-state index in [0.717, 1.165) is 97.4 Å². The number of nitrogens with zero attached hydrogens (tertiary/aromatic N) is 2. The molecule has 2 N–H and O–H groups in total. The van der Waals surface area contributed by atoms with E-state index in [0.29, 0.717) is 0 Å². The van der Waals surface area contributed by atoms with Gasteiger partial charge in [-0.3, -0.25) is 0 Å². The van der Waals surface area contributed by atoms with Crippen molar-refractivity contribution in [1.82, 2.24) is 15.0 Å². The summed E-state index contributed by atoms with van der Waals surface area (Å²) >= 11 is 6.43. The molecule has 238 valence electrons. The van der Waals surface area contributed by atoms with E-state index in [2.05, 4.69) is 200 Å². The van der Waals surface area contributed by atoms with Gasteiger partial charge in [0.1, 0.15) is 4.62 Å². The van der Waals surface area contributed by atoms with Crippen molar-refractivity contribution in [2.45, 2.75) is 0 Å². The summed E-state index contributed by atoms with van der Waals surface area (Å²) in [6.45, 7) is 0. The monoisotopic (exact) mass is 818 g/mol. The van der Waals surface area contributed by atoms with Crippen LogP contribution in [0.1, 0.15) is 17.0 Å². The zero-order valence-electron chi connectivity index (χ0n) is 26.7. The van der Waals surface area contributed by atoms with E-state index in [4.69, 9.17) is 9.98 Å². The van der Waals surface area contributed by atoms with Crippen LogP contribution in [-0.4, -0.2) is 19.6 Å². The maximum Gasteiger partial charge on any atom is 0.115 e. The molecule has 0 saturated heterocycles. The van der Waals surface area contributed by atoms with Gasteiger partial charge in [-0.25, -0.2) is 9.98 Å². The van der Waals surface area contributed by atoms with Gasteiger partial charge in [-0.15, -0.1) is 0 Å². The zero-order chi connectivity index (χ0) is 33.6. The van der Waals surface area contributed by atoms with E-state index in [9.17, 15) is 0 Å². The molecule has 0 atom stereocenters. The summed E-state index contributed by atoms with van der Waals surface area (Å²) < 4.78 is 1.86. The second-order valence-electron chi connectivity index (χ2n) is 12.2. The Labute approximate surface area is 311 Å². The fraction of sp³-hybridized carbons (Fsp3) is 0. The number of hydrogen-bond acceptors (Lipinski definition) is 2. The van der Waals surface area contributed by atoms with Crippen LogP contribution < -0.4 is 0 Å². The number of nitrogens with one attached hydrogen (secondary N) is 2. The first-order chi connectivity index (χ1) is 24.6. The van der Waals surface area contributed by atoms with Crippen molar-refractivity contribution in [2.75, 3.05) is 0 Å². The third-order valence-electron chi connectivity index (χ3n) is 9.18. The van der Waals surface area contributed by atoms with E-state index >= 15 is 0 Å². The maximum atomic E-state index is 5.37. The molecule has 7 aromatic rings. The Balaban J connectivity index is 1.53. The van der Waals surface area contributed by atoms with Crippen molar-refractivity contribution in [1.29, 1.82) is 0 Å². The largest absolute Gasteiger partial charge is 0.354 e. The fourth-order valence-electron chi connectivity index (χ4n) is 6.96. The van der Waals surface area contributed by atoms with Gasteiger partial charge < -0.3 is 9.97 Å². The van der Waals surface area contributed by atoms with E-state index in [1.165, 1.54) is 0 Å². The minimum atomic E-state index is 0.794. The summed E-state index contributed by atoms with van der Waals surface area (Å²) in [5.41, 5.74) is 16.2. The van der Waals surface area contributed by atoms with Gasteiger partial charge in [-0.1, -0.05) is 121 Å². The molecule has 2 aliphatic heterocycles. The molecule has 0 saturated carbocycles. The number of aliphatic imine (C=N–C) groups is 1.